The second-order valence-corrected chi connectivity index (χ2v) is 2.33. The third kappa shape index (κ3) is 0.766. The van der Waals surface area contributed by atoms with Gasteiger partial charge in [-0.1, -0.05) is 11.6 Å². The van der Waals surface area contributed by atoms with Crippen molar-refractivity contribution < 1.29 is 9.53 Å². The molecule has 0 aromatic carbocycles. The van der Waals surface area contributed by atoms with Crippen molar-refractivity contribution in [2.45, 2.75) is 0 Å². The predicted molar refractivity (Wildman–Crippen MR) is 36.4 cm³/mol. The van der Waals surface area contributed by atoms with Crippen LogP contribution in [0.15, 0.2) is 9.42 Å². The molecule has 0 saturated heterocycles. The van der Waals surface area contributed by atoms with Crippen molar-refractivity contribution in [2.75, 3.05) is 0 Å². The molecule has 62 valence electrons. The summed E-state index contributed by atoms with van der Waals surface area (Å²) >= 11 is 5.49. The van der Waals surface area contributed by atoms with E-state index in [-0.39, 0.29) is 21.1 Å². The molecular weight excluding hydrogens is 188 g/mol. The minimum absolute atomic E-state index is 0.0261. The van der Waals surface area contributed by atoms with Crippen LogP contribution in [0, 0.1) is 5.21 Å². The maximum absolute atomic E-state index is 10.9. The Morgan fingerprint density at radius 1 is 1.67 bits per heavy atom. The topological polar surface area (TPSA) is 98.7 Å². The highest BCUT2D eigenvalue weighted by Gasteiger charge is 2.18. The lowest BCUT2D eigenvalue weighted by Crippen LogP contribution is -2.29. The zero-order chi connectivity index (χ0) is 8.72. The highest BCUT2D eigenvalue weighted by Crippen LogP contribution is 2.10. The van der Waals surface area contributed by atoms with E-state index in [9.17, 15) is 10.0 Å². The van der Waals surface area contributed by atoms with Crippen molar-refractivity contribution >= 4 is 22.6 Å². The van der Waals surface area contributed by atoms with Gasteiger partial charge in [-0.3, -0.25) is 9.42 Å². The summed E-state index contributed by atoms with van der Waals surface area (Å²) in [6.07, 6.45) is 0. The second-order valence-electron chi connectivity index (χ2n) is 1.97. The quantitative estimate of drug-likeness (QED) is 0.546. The summed E-state index contributed by atoms with van der Waals surface area (Å²) in [5.74, 6) is 0. The smallest absolute Gasteiger partial charge is 0.320 e. The third-order valence-corrected chi connectivity index (χ3v) is 1.54. The van der Waals surface area contributed by atoms with E-state index in [4.69, 9.17) is 11.6 Å². The van der Waals surface area contributed by atoms with Gasteiger partial charge in [0, 0.05) is 5.16 Å². The first-order valence-electron chi connectivity index (χ1n) is 2.84. The number of nitrogens with one attached hydrogen (secondary N) is 1. The summed E-state index contributed by atoms with van der Waals surface area (Å²) in [5.41, 5.74) is -1.02. The van der Waals surface area contributed by atoms with Crippen molar-refractivity contribution in [1.82, 2.24) is 15.4 Å². The Labute approximate surface area is 69.1 Å². The van der Waals surface area contributed by atoms with Gasteiger partial charge in [0.05, 0.1) is 0 Å². The van der Waals surface area contributed by atoms with E-state index in [2.05, 4.69) is 14.9 Å². The van der Waals surface area contributed by atoms with Crippen molar-refractivity contribution in [1.29, 1.82) is 0 Å². The molecule has 2 rings (SSSR count). The van der Waals surface area contributed by atoms with E-state index < -0.39 is 5.56 Å². The summed E-state index contributed by atoms with van der Waals surface area (Å²) in [6.45, 7) is 0. The molecular formula is C4HClN4O3. The van der Waals surface area contributed by atoms with Gasteiger partial charge in [-0.2, -0.15) is 5.10 Å². The third-order valence-electron chi connectivity index (χ3n) is 1.28. The number of nitrogens with zero attached hydrogens (tertiary/aromatic N) is 3. The zero-order valence-electron chi connectivity index (χ0n) is 5.44. The van der Waals surface area contributed by atoms with Gasteiger partial charge in [0.2, 0.25) is 5.15 Å². The van der Waals surface area contributed by atoms with Gasteiger partial charge in [0.1, 0.15) is 0 Å². The molecule has 0 aliphatic heterocycles. The Hall–Kier alpha value is -1.63. The fraction of sp³-hybridized carbons (Fsp3) is 0. The fourth-order valence-corrected chi connectivity index (χ4v) is 0.946. The number of aromatic nitrogens is 4. The molecule has 7 nitrogen and oxygen atoms in total. The first-order chi connectivity index (χ1) is 5.70. The number of fused-ring (bicyclic) bond motifs is 1. The molecule has 0 aliphatic carbocycles. The monoisotopic (exact) mass is 188 g/mol. The number of hydrogen-bond donors (Lipinski definition) is 1. The highest BCUT2D eigenvalue weighted by atomic mass is 35.5. The highest BCUT2D eigenvalue weighted by molar-refractivity contribution is 6.33. The molecule has 2 aromatic heterocycles. The summed E-state index contributed by atoms with van der Waals surface area (Å²) < 4.78 is 4.14. The van der Waals surface area contributed by atoms with E-state index in [0.717, 1.165) is 0 Å². The molecule has 0 aliphatic rings. The SMILES string of the molecule is O=c1[nH]nc(Cl)c2no[n+]([O-])c12. The standard InChI is InChI=1S/C4HClN4O3/c5-3-1-2(4(10)7-6-3)9(11)12-8-1/h(H,7,10). The van der Waals surface area contributed by atoms with Crippen molar-refractivity contribution in [3.63, 3.8) is 0 Å². The number of hydrogen-bond acceptors (Lipinski definition) is 5. The second kappa shape index (κ2) is 2.18. The molecule has 8 heteroatoms. The van der Waals surface area contributed by atoms with Crippen molar-refractivity contribution in [2.24, 2.45) is 0 Å². The molecule has 2 aromatic rings. The molecule has 2 heterocycles. The largest absolute Gasteiger partial charge is 0.359 e. The van der Waals surface area contributed by atoms with Crippen LogP contribution in [0.1, 0.15) is 0 Å². The van der Waals surface area contributed by atoms with Gasteiger partial charge in [0.25, 0.3) is 11.0 Å². The number of rotatable bonds is 0. The summed E-state index contributed by atoms with van der Waals surface area (Å²) in [6, 6.07) is 0. The first-order valence-corrected chi connectivity index (χ1v) is 3.21. The van der Waals surface area contributed by atoms with Gasteiger partial charge in [-0.15, -0.1) is 0 Å². The Bertz CT molecular complexity index is 488. The van der Waals surface area contributed by atoms with Crippen LogP contribution >= 0.6 is 11.6 Å². The van der Waals surface area contributed by atoms with Gasteiger partial charge in [0.15, 0.2) is 0 Å². The van der Waals surface area contributed by atoms with Crippen LogP contribution in [0.3, 0.4) is 0 Å². The molecule has 0 saturated carbocycles. The van der Waals surface area contributed by atoms with Crippen molar-refractivity contribution in [3.05, 3.63) is 20.7 Å². The maximum atomic E-state index is 10.9. The van der Waals surface area contributed by atoms with Crippen molar-refractivity contribution in [3.8, 4) is 0 Å². The van der Waals surface area contributed by atoms with Crippen LogP contribution in [0.4, 0.5) is 0 Å². The van der Waals surface area contributed by atoms with Gasteiger partial charge < -0.3 is 5.21 Å². The molecule has 0 spiro atoms. The average molecular weight is 189 g/mol. The Kier molecular flexibility index (Phi) is 1.28. The molecule has 0 atom stereocenters. The molecule has 0 unspecified atom stereocenters. The predicted octanol–water partition coefficient (Wildman–Crippen LogP) is -0.802. The van der Waals surface area contributed by atoms with Gasteiger partial charge in [-0.25, -0.2) is 5.10 Å². The number of aromatic amines is 1. The van der Waals surface area contributed by atoms with Crippen LogP contribution < -0.4 is 10.5 Å². The summed E-state index contributed by atoms with van der Waals surface area (Å²) in [4.78, 5) is 10.9. The Morgan fingerprint density at radius 2 is 2.42 bits per heavy atom. The fourth-order valence-electron chi connectivity index (χ4n) is 0.780. The number of halogens is 1. The first kappa shape index (κ1) is 7.04. The van der Waals surface area contributed by atoms with E-state index in [0.29, 0.717) is 0 Å². The lowest BCUT2D eigenvalue weighted by atomic mass is 10.5. The minimum Gasteiger partial charge on any atom is -0.359 e. The summed E-state index contributed by atoms with van der Waals surface area (Å²) in [7, 11) is 0. The lowest BCUT2D eigenvalue weighted by Gasteiger charge is -1.84. The van der Waals surface area contributed by atoms with Gasteiger partial charge >= 0.3 is 5.56 Å². The van der Waals surface area contributed by atoms with E-state index >= 15 is 0 Å². The molecule has 1 N–H and O–H groups in total. The summed E-state index contributed by atoms with van der Waals surface area (Å²) in [5, 5.41) is 19.3. The van der Waals surface area contributed by atoms with Crippen LogP contribution in [0.25, 0.3) is 11.0 Å². The average Bonchev–Trinajstić information content (AvgIpc) is 2.42. The Morgan fingerprint density at radius 3 is 3.08 bits per heavy atom. The minimum atomic E-state index is -0.689. The van der Waals surface area contributed by atoms with Gasteiger partial charge in [-0.05, 0) is 4.90 Å². The zero-order valence-corrected chi connectivity index (χ0v) is 6.20. The van der Waals surface area contributed by atoms with E-state index in [1.807, 2.05) is 5.10 Å². The molecule has 0 amide bonds. The van der Waals surface area contributed by atoms with Crippen LogP contribution in [0.5, 0.6) is 0 Å². The van der Waals surface area contributed by atoms with E-state index in [1.54, 1.807) is 0 Å². The van der Waals surface area contributed by atoms with Crippen LogP contribution in [-0.2, 0) is 0 Å². The molecule has 0 radical (unpaired) electrons. The lowest BCUT2D eigenvalue weighted by molar-refractivity contribution is -0.782. The van der Waals surface area contributed by atoms with Crippen LogP contribution in [-0.4, -0.2) is 15.4 Å². The number of H-pyrrole nitrogens is 1. The van der Waals surface area contributed by atoms with E-state index in [1.165, 1.54) is 0 Å². The molecule has 0 fully saturated rings. The molecule has 12 heavy (non-hydrogen) atoms. The normalized spacial score (nSPS) is 10.8. The molecule has 0 bridgehead atoms. The van der Waals surface area contributed by atoms with Crippen LogP contribution in [0.2, 0.25) is 5.15 Å². The Balaban J connectivity index is 3.09. The maximum Gasteiger partial charge on any atom is 0.320 e.